The number of anilines is 1. The van der Waals surface area contributed by atoms with Crippen LogP contribution in [0.5, 0.6) is 5.75 Å². The maximum atomic E-state index is 12.3. The number of esters is 1. The van der Waals surface area contributed by atoms with E-state index in [9.17, 15) is 9.59 Å². The molecule has 0 fully saturated rings. The second-order valence-electron chi connectivity index (χ2n) is 6.19. The Hall–Kier alpha value is -3.08. The largest absolute Gasteiger partial charge is 0.493 e. The summed E-state index contributed by atoms with van der Waals surface area (Å²) in [7, 11) is 0. The second kappa shape index (κ2) is 9.57. The van der Waals surface area contributed by atoms with Gasteiger partial charge in [0, 0.05) is 17.3 Å². The predicted molar refractivity (Wildman–Crippen MR) is 107 cm³/mol. The SMILES string of the molecule is CCOc1ccccc1/C=C/C(=O)O[C@@H](C)C(=O)Nc1ccc(C)cc1C. The van der Waals surface area contributed by atoms with Gasteiger partial charge in [-0.05, 0) is 51.5 Å². The van der Waals surface area contributed by atoms with Gasteiger partial charge in [-0.25, -0.2) is 4.79 Å². The number of carbonyl (C=O) groups is 2. The predicted octanol–water partition coefficient (Wildman–Crippen LogP) is 4.29. The number of ether oxygens (including phenoxy) is 2. The molecular formula is C22H25NO4. The van der Waals surface area contributed by atoms with E-state index in [1.54, 1.807) is 13.0 Å². The molecule has 0 aromatic heterocycles. The third-order valence-corrected chi connectivity index (χ3v) is 3.92. The Morgan fingerprint density at radius 3 is 2.59 bits per heavy atom. The molecule has 5 nitrogen and oxygen atoms in total. The highest BCUT2D eigenvalue weighted by molar-refractivity contribution is 5.97. The lowest BCUT2D eigenvalue weighted by Gasteiger charge is -2.14. The van der Waals surface area contributed by atoms with Crippen molar-refractivity contribution in [2.45, 2.75) is 33.8 Å². The lowest BCUT2D eigenvalue weighted by Crippen LogP contribution is -2.29. The standard InChI is InChI=1S/C22H25NO4/c1-5-26-20-9-7-6-8-18(20)11-13-21(24)27-17(4)22(25)23-19-12-10-15(2)14-16(19)3/h6-14,17H,5H2,1-4H3,(H,23,25)/b13-11+/t17-/m0/s1. The van der Waals surface area contributed by atoms with Crippen molar-refractivity contribution in [2.75, 3.05) is 11.9 Å². The Morgan fingerprint density at radius 1 is 1.15 bits per heavy atom. The molecule has 1 N–H and O–H groups in total. The first kappa shape index (κ1) is 20.2. The molecule has 2 aromatic carbocycles. The van der Waals surface area contributed by atoms with Gasteiger partial charge in [0.15, 0.2) is 6.10 Å². The van der Waals surface area contributed by atoms with Gasteiger partial charge in [-0.3, -0.25) is 4.79 Å². The van der Waals surface area contributed by atoms with E-state index in [2.05, 4.69) is 5.32 Å². The average Bonchev–Trinajstić information content (AvgIpc) is 2.63. The molecule has 0 aliphatic carbocycles. The van der Waals surface area contributed by atoms with Crippen molar-refractivity contribution in [3.8, 4) is 5.75 Å². The maximum Gasteiger partial charge on any atom is 0.331 e. The normalized spacial score (nSPS) is 11.9. The summed E-state index contributed by atoms with van der Waals surface area (Å²) in [5.41, 5.74) is 3.54. The molecule has 2 rings (SSSR count). The van der Waals surface area contributed by atoms with Crippen LogP contribution in [-0.4, -0.2) is 24.6 Å². The lowest BCUT2D eigenvalue weighted by atomic mass is 10.1. The Bertz CT molecular complexity index is 842. The lowest BCUT2D eigenvalue weighted by molar-refractivity contribution is -0.148. The molecule has 1 atom stereocenters. The number of carbonyl (C=O) groups excluding carboxylic acids is 2. The third kappa shape index (κ3) is 5.99. The highest BCUT2D eigenvalue weighted by Gasteiger charge is 2.17. The van der Waals surface area contributed by atoms with Crippen molar-refractivity contribution in [1.29, 1.82) is 0 Å². The zero-order chi connectivity index (χ0) is 19.8. The van der Waals surface area contributed by atoms with Crippen LogP contribution < -0.4 is 10.1 Å². The fourth-order valence-corrected chi connectivity index (χ4v) is 2.52. The summed E-state index contributed by atoms with van der Waals surface area (Å²) in [5.74, 6) is -0.285. The van der Waals surface area contributed by atoms with Crippen LogP contribution in [0.15, 0.2) is 48.5 Å². The van der Waals surface area contributed by atoms with Crippen molar-refractivity contribution in [3.63, 3.8) is 0 Å². The highest BCUT2D eigenvalue weighted by atomic mass is 16.5. The van der Waals surface area contributed by atoms with Crippen LogP contribution >= 0.6 is 0 Å². The van der Waals surface area contributed by atoms with E-state index >= 15 is 0 Å². The first-order chi connectivity index (χ1) is 12.9. The van der Waals surface area contributed by atoms with Crippen molar-refractivity contribution in [2.24, 2.45) is 0 Å². The van der Waals surface area contributed by atoms with E-state index in [4.69, 9.17) is 9.47 Å². The molecule has 0 spiro atoms. The van der Waals surface area contributed by atoms with Gasteiger partial charge >= 0.3 is 5.97 Å². The fourth-order valence-electron chi connectivity index (χ4n) is 2.52. The molecule has 2 aromatic rings. The molecular weight excluding hydrogens is 342 g/mol. The number of aryl methyl sites for hydroxylation is 2. The average molecular weight is 367 g/mol. The minimum atomic E-state index is -0.912. The minimum absolute atomic E-state index is 0.376. The van der Waals surface area contributed by atoms with Gasteiger partial charge in [-0.1, -0.05) is 35.9 Å². The molecule has 1 amide bonds. The monoisotopic (exact) mass is 367 g/mol. The first-order valence-corrected chi connectivity index (χ1v) is 8.89. The van der Waals surface area contributed by atoms with Crippen LogP contribution in [-0.2, 0) is 14.3 Å². The number of rotatable bonds is 7. The van der Waals surface area contributed by atoms with Gasteiger partial charge < -0.3 is 14.8 Å². The zero-order valence-corrected chi connectivity index (χ0v) is 16.1. The summed E-state index contributed by atoms with van der Waals surface area (Å²) in [6.45, 7) is 7.87. The summed E-state index contributed by atoms with van der Waals surface area (Å²) in [5, 5.41) is 2.78. The Labute approximate surface area is 160 Å². The van der Waals surface area contributed by atoms with E-state index in [0.717, 1.165) is 16.7 Å². The zero-order valence-electron chi connectivity index (χ0n) is 16.1. The molecule has 0 bridgehead atoms. The number of nitrogens with one attached hydrogen (secondary N) is 1. The van der Waals surface area contributed by atoms with Gasteiger partial charge in [0.2, 0.25) is 0 Å². The molecule has 0 radical (unpaired) electrons. The summed E-state index contributed by atoms with van der Waals surface area (Å²) in [6.07, 6.45) is 1.99. The molecule has 0 heterocycles. The summed E-state index contributed by atoms with van der Waals surface area (Å²) in [4.78, 5) is 24.3. The molecule has 0 saturated heterocycles. The molecule has 0 aliphatic heterocycles. The highest BCUT2D eigenvalue weighted by Crippen LogP contribution is 2.19. The molecule has 0 aliphatic rings. The van der Waals surface area contributed by atoms with Gasteiger partial charge in [0.1, 0.15) is 5.75 Å². The smallest absolute Gasteiger partial charge is 0.331 e. The topological polar surface area (TPSA) is 64.6 Å². The summed E-state index contributed by atoms with van der Waals surface area (Å²) in [6, 6.07) is 13.1. The number of benzene rings is 2. The summed E-state index contributed by atoms with van der Waals surface area (Å²) < 4.78 is 10.7. The van der Waals surface area contributed by atoms with Crippen molar-refractivity contribution >= 4 is 23.6 Å². The van der Waals surface area contributed by atoms with Crippen LogP contribution in [0.2, 0.25) is 0 Å². The molecule has 0 unspecified atom stereocenters. The van der Waals surface area contributed by atoms with Crippen LogP contribution in [0.4, 0.5) is 5.69 Å². The fraction of sp³-hybridized carbons (Fsp3) is 0.273. The van der Waals surface area contributed by atoms with Crippen molar-refractivity contribution in [1.82, 2.24) is 0 Å². The molecule has 5 heteroatoms. The van der Waals surface area contributed by atoms with Crippen molar-refractivity contribution in [3.05, 3.63) is 65.2 Å². The first-order valence-electron chi connectivity index (χ1n) is 8.89. The van der Waals surface area contributed by atoms with Gasteiger partial charge in [-0.2, -0.15) is 0 Å². The van der Waals surface area contributed by atoms with Crippen molar-refractivity contribution < 1.29 is 19.1 Å². The van der Waals surface area contributed by atoms with E-state index in [-0.39, 0.29) is 5.91 Å². The Kier molecular flexibility index (Phi) is 7.17. The van der Waals surface area contributed by atoms with E-state index in [1.807, 2.05) is 63.2 Å². The second-order valence-corrected chi connectivity index (χ2v) is 6.19. The van der Waals surface area contributed by atoms with Gasteiger partial charge in [-0.15, -0.1) is 0 Å². The number of hydrogen-bond donors (Lipinski definition) is 1. The van der Waals surface area contributed by atoms with Crippen LogP contribution in [0.3, 0.4) is 0 Å². The van der Waals surface area contributed by atoms with Crippen LogP contribution in [0.25, 0.3) is 6.08 Å². The Balaban J connectivity index is 1.95. The third-order valence-electron chi connectivity index (χ3n) is 3.92. The molecule has 142 valence electrons. The molecule has 27 heavy (non-hydrogen) atoms. The van der Waals surface area contributed by atoms with Gasteiger partial charge in [0.25, 0.3) is 5.91 Å². The molecule has 0 saturated carbocycles. The van der Waals surface area contributed by atoms with E-state index < -0.39 is 12.1 Å². The number of amides is 1. The Morgan fingerprint density at radius 2 is 1.89 bits per heavy atom. The van der Waals surface area contributed by atoms with Crippen LogP contribution in [0, 0.1) is 13.8 Å². The van der Waals surface area contributed by atoms with E-state index in [0.29, 0.717) is 18.0 Å². The maximum absolute atomic E-state index is 12.3. The number of hydrogen-bond acceptors (Lipinski definition) is 4. The van der Waals surface area contributed by atoms with E-state index in [1.165, 1.54) is 6.08 Å². The van der Waals surface area contributed by atoms with Crippen LogP contribution in [0.1, 0.15) is 30.5 Å². The minimum Gasteiger partial charge on any atom is -0.493 e. The summed E-state index contributed by atoms with van der Waals surface area (Å²) >= 11 is 0. The van der Waals surface area contributed by atoms with Gasteiger partial charge in [0.05, 0.1) is 6.61 Å². The number of para-hydroxylation sites is 1. The quantitative estimate of drug-likeness (QED) is 0.586.